The molecule has 0 saturated carbocycles. The lowest BCUT2D eigenvalue weighted by Gasteiger charge is -2.24. The molecule has 0 fully saturated rings. The fraction of sp³-hybridized carbons (Fsp3) is 0.385. The quantitative estimate of drug-likeness (QED) is 0.742. The van der Waals surface area contributed by atoms with Gasteiger partial charge in [0.1, 0.15) is 5.52 Å². The number of alkyl halides is 1. The Balaban J connectivity index is 2.48. The molecule has 96 valence electrons. The summed E-state index contributed by atoms with van der Waals surface area (Å²) in [5.74, 6) is 0. The van der Waals surface area contributed by atoms with Crippen molar-refractivity contribution < 1.29 is 0 Å². The molecular formula is C13H15Br2N3. The van der Waals surface area contributed by atoms with E-state index in [0.717, 1.165) is 46.0 Å². The molecular weight excluding hydrogens is 358 g/mol. The summed E-state index contributed by atoms with van der Waals surface area (Å²) in [6.07, 6.45) is 4.79. The van der Waals surface area contributed by atoms with Gasteiger partial charge < -0.3 is 4.90 Å². The summed E-state index contributed by atoms with van der Waals surface area (Å²) < 4.78 is 0.960. The second-order valence-electron chi connectivity index (χ2n) is 4.03. The Labute approximate surface area is 124 Å². The first-order valence-corrected chi connectivity index (χ1v) is 7.89. The molecule has 0 radical (unpaired) electrons. The summed E-state index contributed by atoms with van der Waals surface area (Å²) in [5.41, 5.74) is 3.06. The molecule has 0 aliphatic rings. The van der Waals surface area contributed by atoms with Crippen LogP contribution < -0.4 is 4.90 Å². The maximum absolute atomic E-state index is 4.50. The van der Waals surface area contributed by atoms with Crippen LogP contribution in [0.5, 0.6) is 0 Å². The zero-order valence-electron chi connectivity index (χ0n) is 10.2. The molecule has 0 aliphatic heterocycles. The molecule has 0 aromatic carbocycles. The number of halogens is 2. The van der Waals surface area contributed by atoms with Gasteiger partial charge in [-0.2, -0.15) is 0 Å². The number of nitrogens with zero attached hydrogens (tertiary/aromatic N) is 3. The van der Waals surface area contributed by atoms with Crippen molar-refractivity contribution in [1.29, 1.82) is 0 Å². The fourth-order valence-electron chi connectivity index (χ4n) is 1.97. The van der Waals surface area contributed by atoms with E-state index in [2.05, 4.69) is 53.7 Å². The number of anilines is 1. The summed E-state index contributed by atoms with van der Waals surface area (Å²) >= 11 is 6.94. The molecule has 0 unspecified atom stereocenters. The van der Waals surface area contributed by atoms with E-state index in [1.54, 1.807) is 0 Å². The monoisotopic (exact) mass is 371 g/mol. The predicted molar refractivity (Wildman–Crippen MR) is 83.5 cm³/mol. The van der Waals surface area contributed by atoms with Gasteiger partial charge in [-0.15, -0.1) is 0 Å². The van der Waals surface area contributed by atoms with E-state index >= 15 is 0 Å². The molecule has 2 heterocycles. The number of pyridine rings is 2. The normalized spacial score (nSPS) is 10.8. The summed E-state index contributed by atoms with van der Waals surface area (Å²) in [6, 6.07) is 4.05. The minimum atomic E-state index is 0.928. The summed E-state index contributed by atoms with van der Waals surface area (Å²) in [5, 5.41) is 0.952. The van der Waals surface area contributed by atoms with Crippen LogP contribution in [0, 0.1) is 0 Å². The van der Waals surface area contributed by atoms with Gasteiger partial charge in [-0.05, 0) is 34.5 Å². The van der Waals surface area contributed by atoms with Crippen LogP contribution >= 0.6 is 31.9 Å². The van der Waals surface area contributed by atoms with Gasteiger partial charge in [0.2, 0.25) is 0 Å². The first-order valence-electron chi connectivity index (χ1n) is 5.97. The number of rotatable bonds is 5. The first kappa shape index (κ1) is 13.7. The highest BCUT2D eigenvalue weighted by Crippen LogP contribution is 2.25. The van der Waals surface area contributed by atoms with Crippen molar-refractivity contribution >= 4 is 48.6 Å². The minimum Gasteiger partial charge on any atom is -0.369 e. The van der Waals surface area contributed by atoms with E-state index in [1.165, 1.54) is 0 Å². The third kappa shape index (κ3) is 3.01. The molecule has 0 amide bonds. The zero-order chi connectivity index (χ0) is 13.0. The molecule has 2 aromatic rings. The summed E-state index contributed by atoms with van der Waals surface area (Å²) in [6.45, 7) is 4.20. The number of aromatic nitrogens is 2. The Morgan fingerprint density at radius 3 is 2.83 bits per heavy atom. The van der Waals surface area contributed by atoms with E-state index < -0.39 is 0 Å². The van der Waals surface area contributed by atoms with Gasteiger partial charge in [-0.1, -0.05) is 22.9 Å². The van der Waals surface area contributed by atoms with Crippen molar-refractivity contribution in [2.75, 3.05) is 23.3 Å². The van der Waals surface area contributed by atoms with Crippen molar-refractivity contribution in [3.63, 3.8) is 0 Å². The van der Waals surface area contributed by atoms with Gasteiger partial charge in [-0.3, -0.25) is 9.97 Å². The predicted octanol–water partition coefficient (Wildman–Crippen LogP) is 4.00. The molecule has 2 rings (SSSR count). The van der Waals surface area contributed by atoms with Gasteiger partial charge in [0, 0.05) is 35.3 Å². The van der Waals surface area contributed by atoms with E-state index in [-0.39, 0.29) is 0 Å². The Hall–Kier alpha value is -0.680. The Bertz CT molecular complexity index is 525. The molecule has 0 atom stereocenters. The largest absolute Gasteiger partial charge is 0.369 e. The van der Waals surface area contributed by atoms with Gasteiger partial charge in [0.05, 0.1) is 11.2 Å². The third-order valence-electron chi connectivity index (χ3n) is 2.71. The van der Waals surface area contributed by atoms with E-state index in [1.807, 2.05) is 24.5 Å². The van der Waals surface area contributed by atoms with Crippen molar-refractivity contribution in [2.45, 2.75) is 13.3 Å². The smallest absolute Gasteiger partial charge is 0.112 e. The number of hydrogen-bond donors (Lipinski definition) is 0. The van der Waals surface area contributed by atoms with Crippen LogP contribution in [-0.4, -0.2) is 28.4 Å². The molecule has 0 bridgehead atoms. The van der Waals surface area contributed by atoms with Crippen LogP contribution in [0.3, 0.4) is 0 Å². The average Bonchev–Trinajstić information content (AvgIpc) is 2.37. The molecule has 3 nitrogen and oxygen atoms in total. The van der Waals surface area contributed by atoms with Crippen LogP contribution in [0.4, 0.5) is 5.69 Å². The lowest BCUT2D eigenvalue weighted by atomic mass is 10.2. The average molecular weight is 373 g/mol. The Morgan fingerprint density at radius 2 is 2.11 bits per heavy atom. The summed E-state index contributed by atoms with van der Waals surface area (Å²) in [4.78, 5) is 11.2. The second kappa shape index (κ2) is 6.48. The number of fused-ring (bicyclic) bond motifs is 1. The highest BCUT2D eigenvalue weighted by molar-refractivity contribution is 9.10. The van der Waals surface area contributed by atoms with Crippen LogP contribution in [-0.2, 0) is 0 Å². The molecule has 0 saturated heterocycles. The van der Waals surface area contributed by atoms with Crippen molar-refractivity contribution in [3.8, 4) is 0 Å². The fourth-order valence-corrected chi connectivity index (χ4v) is 2.72. The van der Waals surface area contributed by atoms with Crippen molar-refractivity contribution in [1.82, 2.24) is 9.97 Å². The molecule has 0 spiro atoms. The van der Waals surface area contributed by atoms with Gasteiger partial charge in [-0.25, -0.2) is 0 Å². The second-order valence-corrected chi connectivity index (χ2v) is 5.74. The van der Waals surface area contributed by atoms with Gasteiger partial charge >= 0.3 is 0 Å². The highest BCUT2D eigenvalue weighted by atomic mass is 79.9. The van der Waals surface area contributed by atoms with Crippen LogP contribution in [0.25, 0.3) is 11.0 Å². The first-order chi connectivity index (χ1) is 8.76. The maximum atomic E-state index is 4.50. The van der Waals surface area contributed by atoms with Gasteiger partial charge in [0.25, 0.3) is 0 Å². The molecule has 18 heavy (non-hydrogen) atoms. The topological polar surface area (TPSA) is 29.0 Å². The van der Waals surface area contributed by atoms with Gasteiger partial charge in [0.15, 0.2) is 0 Å². The minimum absolute atomic E-state index is 0.928. The third-order valence-corrected chi connectivity index (χ3v) is 3.50. The number of hydrogen-bond acceptors (Lipinski definition) is 3. The zero-order valence-corrected chi connectivity index (χ0v) is 13.4. The van der Waals surface area contributed by atoms with Crippen molar-refractivity contribution in [3.05, 3.63) is 29.0 Å². The summed E-state index contributed by atoms with van der Waals surface area (Å²) in [7, 11) is 0. The Kier molecular flexibility index (Phi) is 4.95. The molecule has 5 heteroatoms. The Morgan fingerprint density at radius 1 is 1.28 bits per heavy atom. The highest BCUT2D eigenvalue weighted by Gasteiger charge is 2.10. The molecule has 0 aliphatic carbocycles. The lowest BCUT2D eigenvalue weighted by molar-refractivity contribution is 0.799. The standard InChI is InChI=1S/C13H15Br2N3/c1-2-6-18(7-4-14)12-3-5-16-11-8-10(15)9-17-13(11)12/h3,5,8-9H,2,4,6-7H2,1H3. The van der Waals surface area contributed by atoms with Crippen LogP contribution in [0.15, 0.2) is 29.0 Å². The maximum Gasteiger partial charge on any atom is 0.112 e. The van der Waals surface area contributed by atoms with Crippen molar-refractivity contribution in [2.24, 2.45) is 0 Å². The van der Waals surface area contributed by atoms with Crippen LogP contribution in [0.1, 0.15) is 13.3 Å². The van der Waals surface area contributed by atoms with E-state index in [9.17, 15) is 0 Å². The lowest BCUT2D eigenvalue weighted by Crippen LogP contribution is -2.26. The molecule has 0 N–H and O–H groups in total. The van der Waals surface area contributed by atoms with E-state index in [4.69, 9.17) is 0 Å². The van der Waals surface area contributed by atoms with E-state index in [0.29, 0.717) is 0 Å². The van der Waals surface area contributed by atoms with Crippen LogP contribution in [0.2, 0.25) is 0 Å². The SMILES string of the molecule is CCCN(CCBr)c1ccnc2cc(Br)cnc12. The molecule has 2 aromatic heterocycles.